The first-order chi connectivity index (χ1) is 8.63. The number of allylic oxidation sites excluding steroid dienone is 1. The molecule has 2 rings (SSSR count). The number of urea groups is 1. The largest absolute Gasteiger partial charge is 0.467 e. The van der Waals surface area contributed by atoms with Crippen LogP contribution in [0.1, 0.15) is 25.6 Å². The summed E-state index contributed by atoms with van der Waals surface area (Å²) in [5.74, 6) is 0.0242. The molecule has 1 aliphatic heterocycles. The third kappa shape index (κ3) is 2.22. The zero-order valence-electron chi connectivity index (χ0n) is 10.1. The lowest BCUT2D eigenvalue weighted by Gasteiger charge is -2.26. The number of amides is 2. The van der Waals surface area contributed by atoms with Gasteiger partial charge >= 0.3 is 12.0 Å². The molecule has 1 atom stereocenters. The van der Waals surface area contributed by atoms with Crippen molar-refractivity contribution < 1.29 is 18.7 Å². The number of rotatable bonds is 3. The van der Waals surface area contributed by atoms with Crippen molar-refractivity contribution in [3.05, 3.63) is 35.4 Å². The van der Waals surface area contributed by atoms with E-state index in [9.17, 15) is 9.59 Å². The molecule has 1 aromatic heterocycles. The first-order valence-electron chi connectivity index (χ1n) is 5.62. The molecule has 0 saturated heterocycles. The summed E-state index contributed by atoms with van der Waals surface area (Å²) in [5, 5.41) is 5.18. The molecular weight excluding hydrogens is 236 g/mol. The van der Waals surface area contributed by atoms with Crippen LogP contribution in [0.5, 0.6) is 0 Å². The van der Waals surface area contributed by atoms with Crippen molar-refractivity contribution >= 4 is 12.0 Å². The van der Waals surface area contributed by atoms with Gasteiger partial charge in [-0.3, -0.25) is 0 Å². The van der Waals surface area contributed by atoms with E-state index in [1.165, 1.54) is 6.26 Å². The molecule has 96 valence electrons. The molecule has 18 heavy (non-hydrogen) atoms. The van der Waals surface area contributed by atoms with Crippen molar-refractivity contribution in [1.82, 2.24) is 10.6 Å². The Morgan fingerprint density at radius 2 is 2.33 bits per heavy atom. The van der Waals surface area contributed by atoms with Gasteiger partial charge in [-0.1, -0.05) is 0 Å². The highest BCUT2D eigenvalue weighted by Gasteiger charge is 2.33. The number of ether oxygens (including phenoxy) is 1. The number of hydrogen-bond acceptors (Lipinski definition) is 4. The second-order valence-corrected chi connectivity index (χ2v) is 3.81. The van der Waals surface area contributed by atoms with E-state index in [1.54, 1.807) is 26.0 Å². The van der Waals surface area contributed by atoms with E-state index in [0.29, 0.717) is 17.0 Å². The fourth-order valence-electron chi connectivity index (χ4n) is 1.84. The molecule has 0 unspecified atom stereocenters. The molecule has 2 N–H and O–H groups in total. The van der Waals surface area contributed by atoms with Crippen LogP contribution < -0.4 is 10.6 Å². The number of furan rings is 1. The molecule has 6 heteroatoms. The lowest BCUT2D eigenvalue weighted by molar-refractivity contribution is -0.139. The molecule has 0 bridgehead atoms. The summed E-state index contributed by atoms with van der Waals surface area (Å²) in [6.07, 6.45) is 1.49. The lowest BCUT2D eigenvalue weighted by Crippen LogP contribution is -2.45. The standard InChI is InChI=1S/C12H14N2O4/c1-3-17-11(15)9-7(2)13-12(16)14-10(9)8-5-4-6-18-8/h4-6,10H,3H2,1-2H3,(H2,13,14,16)/t10-/m0/s1. The summed E-state index contributed by atoms with van der Waals surface area (Å²) in [5.41, 5.74) is 0.824. The molecule has 0 radical (unpaired) electrons. The van der Waals surface area contributed by atoms with Crippen LogP contribution in [0.4, 0.5) is 4.79 Å². The van der Waals surface area contributed by atoms with E-state index in [1.807, 2.05) is 0 Å². The normalized spacial score (nSPS) is 19.2. The minimum atomic E-state index is -0.618. The third-order valence-corrected chi connectivity index (χ3v) is 2.59. The molecule has 0 spiro atoms. The van der Waals surface area contributed by atoms with Crippen molar-refractivity contribution in [3.63, 3.8) is 0 Å². The van der Waals surface area contributed by atoms with E-state index in [2.05, 4.69) is 10.6 Å². The van der Waals surface area contributed by atoms with Crippen LogP contribution in [0.3, 0.4) is 0 Å². The maximum atomic E-state index is 11.9. The smallest absolute Gasteiger partial charge is 0.338 e. The maximum absolute atomic E-state index is 11.9. The fourth-order valence-corrected chi connectivity index (χ4v) is 1.84. The van der Waals surface area contributed by atoms with Gasteiger partial charge in [0.1, 0.15) is 11.8 Å². The molecule has 1 aliphatic rings. The Labute approximate surface area is 104 Å². The third-order valence-electron chi connectivity index (χ3n) is 2.59. The lowest BCUT2D eigenvalue weighted by atomic mass is 10.0. The Morgan fingerprint density at radius 3 is 2.94 bits per heavy atom. The van der Waals surface area contributed by atoms with Crippen LogP contribution in [-0.4, -0.2) is 18.6 Å². The fraction of sp³-hybridized carbons (Fsp3) is 0.333. The van der Waals surface area contributed by atoms with Crippen LogP contribution in [0.25, 0.3) is 0 Å². The van der Waals surface area contributed by atoms with E-state index in [-0.39, 0.29) is 12.6 Å². The number of esters is 1. The minimum Gasteiger partial charge on any atom is -0.467 e. The second kappa shape index (κ2) is 4.95. The van der Waals surface area contributed by atoms with Gasteiger partial charge in [-0.2, -0.15) is 0 Å². The Kier molecular flexibility index (Phi) is 3.36. The van der Waals surface area contributed by atoms with Crippen LogP contribution in [-0.2, 0) is 9.53 Å². The van der Waals surface area contributed by atoms with Crippen molar-refractivity contribution in [2.24, 2.45) is 0 Å². The monoisotopic (exact) mass is 250 g/mol. The summed E-state index contributed by atoms with van der Waals surface area (Å²) in [7, 11) is 0. The summed E-state index contributed by atoms with van der Waals surface area (Å²) in [4.78, 5) is 23.4. The van der Waals surface area contributed by atoms with Gasteiger partial charge in [-0.05, 0) is 26.0 Å². The maximum Gasteiger partial charge on any atom is 0.338 e. The highest BCUT2D eigenvalue weighted by Crippen LogP contribution is 2.27. The topological polar surface area (TPSA) is 80.6 Å². The van der Waals surface area contributed by atoms with Gasteiger partial charge in [-0.25, -0.2) is 9.59 Å². The molecule has 6 nitrogen and oxygen atoms in total. The average Bonchev–Trinajstić information content (AvgIpc) is 2.81. The molecule has 0 aromatic carbocycles. The Hall–Kier alpha value is -2.24. The van der Waals surface area contributed by atoms with Crippen molar-refractivity contribution in [1.29, 1.82) is 0 Å². The van der Waals surface area contributed by atoms with E-state index < -0.39 is 12.0 Å². The Morgan fingerprint density at radius 1 is 1.56 bits per heavy atom. The SMILES string of the molecule is CCOC(=O)C1=C(C)NC(=O)N[C@H]1c1ccco1. The molecule has 1 aromatic rings. The van der Waals surface area contributed by atoms with Crippen LogP contribution in [0.2, 0.25) is 0 Å². The van der Waals surface area contributed by atoms with E-state index >= 15 is 0 Å². The second-order valence-electron chi connectivity index (χ2n) is 3.81. The number of carbonyl (C=O) groups is 2. The van der Waals surface area contributed by atoms with Crippen LogP contribution in [0.15, 0.2) is 34.1 Å². The summed E-state index contributed by atoms with van der Waals surface area (Å²) in [6.45, 7) is 3.65. The van der Waals surface area contributed by atoms with Crippen LogP contribution >= 0.6 is 0 Å². The quantitative estimate of drug-likeness (QED) is 0.796. The molecule has 2 heterocycles. The van der Waals surface area contributed by atoms with E-state index in [4.69, 9.17) is 9.15 Å². The molecular formula is C12H14N2O4. The van der Waals surface area contributed by atoms with Gasteiger partial charge in [0, 0.05) is 5.70 Å². The summed E-state index contributed by atoms with van der Waals surface area (Å²) < 4.78 is 10.2. The highest BCUT2D eigenvalue weighted by atomic mass is 16.5. The predicted octanol–water partition coefficient (Wildman–Crippen LogP) is 1.47. The minimum absolute atomic E-state index is 0.272. The van der Waals surface area contributed by atoms with Crippen LogP contribution in [0, 0.1) is 0 Å². The first kappa shape index (κ1) is 12.2. The van der Waals surface area contributed by atoms with Gasteiger partial charge in [0.15, 0.2) is 0 Å². The van der Waals surface area contributed by atoms with Gasteiger partial charge < -0.3 is 19.8 Å². The number of nitrogens with one attached hydrogen (secondary N) is 2. The zero-order chi connectivity index (χ0) is 13.1. The molecule has 2 amide bonds. The molecule has 0 saturated carbocycles. The van der Waals surface area contributed by atoms with Crippen molar-refractivity contribution in [2.45, 2.75) is 19.9 Å². The molecule has 0 aliphatic carbocycles. The Balaban J connectivity index is 2.38. The molecule has 0 fully saturated rings. The van der Waals surface area contributed by atoms with Gasteiger partial charge in [0.05, 0.1) is 18.4 Å². The number of carbonyl (C=O) groups excluding carboxylic acids is 2. The zero-order valence-corrected chi connectivity index (χ0v) is 10.1. The first-order valence-corrected chi connectivity index (χ1v) is 5.62. The van der Waals surface area contributed by atoms with Gasteiger partial charge in [-0.15, -0.1) is 0 Å². The number of hydrogen-bond donors (Lipinski definition) is 2. The van der Waals surface area contributed by atoms with Crippen molar-refractivity contribution in [3.8, 4) is 0 Å². The average molecular weight is 250 g/mol. The predicted molar refractivity (Wildman–Crippen MR) is 62.4 cm³/mol. The van der Waals surface area contributed by atoms with Gasteiger partial charge in [0.25, 0.3) is 0 Å². The highest BCUT2D eigenvalue weighted by molar-refractivity contribution is 5.94. The Bertz CT molecular complexity index is 490. The van der Waals surface area contributed by atoms with Crippen molar-refractivity contribution in [2.75, 3.05) is 6.61 Å². The summed E-state index contributed by atoms with van der Waals surface area (Å²) >= 11 is 0. The summed E-state index contributed by atoms with van der Waals surface area (Å²) in [6, 6.07) is 2.40. The van der Waals surface area contributed by atoms with E-state index in [0.717, 1.165) is 0 Å². The van der Waals surface area contributed by atoms with Gasteiger partial charge in [0.2, 0.25) is 0 Å².